The van der Waals surface area contributed by atoms with Crippen LogP contribution in [-0.2, 0) is 9.59 Å². The molecule has 0 unspecified atom stereocenters. The lowest BCUT2D eigenvalue weighted by Gasteiger charge is -2.11. The van der Waals surface area contributed by atoms with E-state index in [1.54, 1.807) is 23.9 Å². The summed E-state index contributed by atoms with van der Waals surface area (Å²) in [4.78, 5) is 27.5. The molecule has 0 bridgehead atoms. The number of carbonyl (C=O) groups is 2. The summed E-state index contributed by atoms with van der Waals surface area (Å²) in [5, 5.41) is 5.46. The molecule has 1 aliphatic rings. The molecule has 1 fully saturated rings. The third-order valence-corrected chi connectivity index (χ3v) is 3.84. The summed E-state index contributed by atoms with van der Waals surface area (Å²) < 4.78 is 0. The molecule has 0 radical (unpaired) electrons. The van der Waals surface area contributed by atoms with Crippen molar-refractivity contribution in [2.75, 3.05) is 22.6 Å². The molecule has 1 aromatic rings. The number of aromatic nitrogens is 1. The van der Waals surface area contributed by atoms with Crippen LogP contribution < -0.4 is 16.4 Å². The van der Waals surface area contributed by atoms with Crippen LogP contribution in [0.25, 0.3) is 0 Å². The van der Waals surface area contributed by atoms with Gasteiger partial charge in [0.1, 0.15) is 5.82 Å². The summed E-state index contributed by atoms with van der Waals surface area (Å²) in [6.07, 6.45) is 6.03. The van der Waals surface area contributed by atoms with Crippen LogP contribution in [0.2, 0.25) is 0 Å². The highest BCUT2D eigenvalue weighted by molar-refractivity contribution is 7.98. The van der Waals surface area contributed by atoms with Crippen LogP contribution in [0.3, 0.4) is 0 Å². The Morgan fingerprint density at radius 3 is 2.76 bits per heavy atom. The number of pyridine rings is 1. The van der Waals surface area contributed by atoms with Gasteiger partial charge in [-0.25, -0.2) is 4.98 Å². The van der Waals surface area contributed by atoms with Crippen molar-refractivity contribution in [1.82, 2.24) is 4.98 Å². The van der Waals surface area contributed by atoms with Gasteiger partial charge in [-0.3, -0.25) is 9.59 Å². The fourth-order valence-corrected chi connectivity index (χ4v) is 2.22. The molecule has 1 saturated carbocycles. The number of nitrogens with two attached hydrogens (primary N) is 1. The molecular formula is C14H20N4O2S. The van der Waals surface area contributed by atoms with E-state index in [0.717, 1.165) is 18.6 Å². The zero-order valence-electron chi connectivity index (χ0n) is 12.0. The molecule has 2 rings (SSSR count). The van der Waals surface area contributed by atoms with E-state index in [4.69, 9.17) is 5.73 Å². The molecule has 1 heterocycles. The summed E-state index contributed by atoms with van der Waals surface area (Å²) in [6.45, 7) is 0. The maximum Gasteiger partial charge on any atom is 0.241 e. The first kappa shape index (κ1) is 15.8. The number of thioether (sulfide) groups is 1. The summed E-state index contributed by atoms with van der Waals surface area (Å²) in [5.74, 6) is 1.27. The standard InChI is InChI=1S/C14H20N4O2S/c1-21-7-6-11(15)14(20)17-10-4-5-12(16-8-10)18-13(19)9-2-3-9/h4-5,8-9,11H,2-3,6-7,15H2,1H3,(H,17,20)(H,16,18,19)/t11-/m0/s1. The summed E-state index contributed by atoms with van der Waals surface area (Å²) >= 11 is 1.66. The number of nitrogens with one attached hydrogen (secondary N) is 2. The van der Waals surface area contributed by atoms with E-state index in [1.807, 2.05) is 6.26 Å². The van der Waals surface area contributed by atoms with Gasteiger partial charge in [0.25, 0.3) is 0 Å². The molecule has 0 aromatic carbocycles. The Morgan fingerprint density at radius 2 is 2.19 bits per heavy atom. The fraction of sp³-hybridized carbons (Fsp3) is 0.500. The highest BCUT2D eigenvalue weighted by Gasteiger charge is 2.29. The van der Waals surface area contributed by atoms with Crippen molar-refractivity contribution in [1.29, 1.82) is 0 Å². The van der Waals surface area contributed by atoms with E-state index in [2.05, 4.69) is 15.6 Å². The Hall–Kier alpha value is -1.60. The molecule has 21 heavy (non-hydrogen) atoms. The predicted octanol–water partition coefficient (Wildman–Crippen LogP) is 1.45. The molecule has 4 N–H and O–H groups in total. The third kappa shape index (κ3) is 5.02. The van der Waals surface area contributed by atoms with Gasteiger partial charge in [0.2, 0.25) is 11.8 Å². The van der Waals surface area contributed by atoms with Gasteiger partial charge in [0, 0.05) is 5.92 Å². The minimum atomic E-state index is -0.522. The third-order valence-electron chi connectivity index (χ3n) is 3.20. The number of carbonyl (C=O) groups excluding carboxylic acids is 2. The van der Waals surface area contributed by atoms with Crippen LogP contribution in [0.15, 0.2) is 18.3 Å². The van der Waals surface area contributed by atoms with E-state index in [0.29, 0.717) is 17.9 Å². The zero-order chi connectivity index (χ0) is 15.2. The number of nitrogens with zero attached hydrogens (tertiary/aromatic N) is 1. The van der Waals surface area contributed by atoms with Crippen LogP contribution in [0, 0.1) is 5.92 Å². The number of anilines is 2. The highest BCUT2D eigenvalue weighted by atomic mass is 32.2. The molecule has 6 nitrogen and oxygen atoms in total. The van der Waals surface area contributed by atoms with Crippen molar-refractivity contribution >= 4 is 35.1 Å². The van der Waals surface area contributed by atoms with Crippen molar-refractivity contribution in [2.24, 2.45) is 11.7 Å². The van der Waals surface area contributed by atoms with Gasteiger partial charge < -0.3 is 16.4 Å². The maximum atomic E-state index is 11.8. The van der Waals surface area contributed by atoms with Crippen LogP contribution in [-0.4, -0.2) is 34.8 Å². The Morgan fingerprint density at radius 1 is 1.43 bits per heavy atom. The van der Waals surface area contributed by atoms with Gasteiger partial charge in [-0.15, -0.1) is 0 Å². The predicted molar refractivity (Wildman–Crippen MR) is 85.2 cm³/mol. The van der Waals surface area contributed by atoms with Gasteiger partial charge in [-0.05, 0) is 43.4 Å². The molecule has 1 aromatic heterocycles. The Balaban J connectivity index is 1.83. The first-order valence-corrected chi connectivity index (χ1v) is 8.32. The second-order valence-corrected chi connectivity index (χ2v) is 6.06. The first-order chi connectivity index (χ1) is 10.1. The number of hydrogen-bond acceptors (Lipinski definition) is 5. The Bertz CT molecular complexity index is 502. The van der Waals surface area contributed by atoms with Gasteiger partial charge in [-0.1, -0.05) is 0 Å². The Kier molecular flexibility index (Phi) is 5.58. The minimum Gasteiger partial charge on any atom is -0.323 e. The van der Waals surface area contributed by atoms with Crippen molar-refractivity contribution in [3.05, 3.63) is 18.3 Å². The lowest BCUT2D eigenvalue weighted by molar-refractivity contribution is -0.118. The van der Waals surface area contributed by atoms with Crippen LogP contribution in [0.1, 0.15) is 19.3 Å². The van der Waals surface area contributed by atoms with E-state index in [-0.39, 0.29) is 17.7 Å². The monoisotopic (exact) mass is 308 g/mol. The quantitative estimate of drug-likeness (QED) is 0.708. The van der Waals surface area contributed by atoms with Crippen LogP contribution in [0.4, 0.5) is 11.5 Å². The largest absolute Gasteiger partial charge is 0.323 e. The minimum absolute atomic E-state index is 0.0124. The average Bonchev–Trinajstić information content (AvgIpc) is 3.31. The normalized spacial score (nSPS) is 15.3. The van der Waals surface area contributed by atoms with E-state index in [1.165, 1.54) is 6.20 Å². The highest BCUT2D eigenvalue weighted by Crippen LogP contribution is 2.29. The second-order valence-electron chi connectivity index (χ2n) is 5.07. The number of hydrogen-bond donors (Lipinski definition) is 3. The number of amides is 2. The molecule has 1 aliphatic carbocycles. The van der Waals surface area contributed by atoms with Crippen LogP contribution in [0.5, 0.6) is 0 Å². The molecule has 114 valence electrons. The van der Waals surface area contributed by atoms with Gasteiger partial charge >= 0.3 is 0 Å². The maximum absolute atomic E-state index is 11.8. The molecule has 2 amide bonds. The number of rotatable bonds is 7. The molecule has 1 atom stereocenters. The van der Waals surface area contributed by atoms with E-state index < -0.39 is 6.04 Å². The summed E-state index contributed by atoms with van der Waals surface area (Å²) in [6, 6.07) is 2.85. The van der Waals surface area contributed by atoms with Gasteiger partial charge in [-0.2, -0.15) is 11.8 Å². The van der Waals surface area contributed by atoms with Gasteiger partial charge in [0.05, 0.1) is 17.9 Å². The average molecular weight is 308 g/mol. The van der Waals surface area contributed by atoms with E-state index in [9.17, 15) is 9.59 Å². The lowest BCUT2D eigenvalue weighted by Crippen LogP contribution is -2.36. The topological polar surface area (TPSA) is 97.1 Å². The second kappa shape index (κ2) is 7.42. The van der Waals surface area contributed by atoms with Crippen molar-refractivity contribution in [3.8, 4) is 0 Å². The molecule has 7 heteroatoms. The van der Waals surface area contributed by atoms with Crippen molar-refractivity contribution in [3.63, 3.8) is 0 Å². The van der Waals surface area contributed by atoms with E-state index >= 15 is 0 Å². The van der Waals surface area contributed by atoms with Crippen LogP contribution >= 0.6 is 11.8 Å². The SMILES string of the molecule is CSCC[C@H](N)C(=O)Nc1ccc(NC(=O)C2CC2)nc1. The smallest absolute Gasteiger partial charge is 0.241 e. The summed E-state index contributed by atoms with van der Waals surface area (Å²) in [7, 11) is 0. The first-order valence-electron chi connectivity index (χ1n) is 6.92. The van der Waals surface area contributed by atoms with Crippen molar-refractivity contribution < 1.29 is 9.59 Å². The molecule has 0 spiro atoms. The molecular weight excluding hydrogens is 288 g/mol. The zero-order valence-corrected chi connectivity index (χ0v) is 12.8. The fourth-order valence-electron chi connectivity index (χ4n) is 1.73. The van der Waals surface area contributed by atoms with Crippen molar-refractivity contribution in [2.45, 2.75) is 25.3 Å². The van der Waals surface area contributed by atoms with Gasteiger partial charge in [0.15, 0.2) is 0 Å². The lowest BCUT2D eigenvalue weighted by atomic mass is 10.2. The summed E-state index contributed by atoms with van der Waals surface area (Å²) in [5.41, 5.74) is 6.36. The Labute approximate surface area is 128 Å². The molecule has 0 aliphatic heterocycles. The molecule has 0 saturated heterocycles.